The van der Waals surface area contributed by atoms with Gasteiger partial charge in [-0.05, 0) is 67.3 Å². The van der Waals surface area contributed by atoms with Crippen LogP contribution in [-0.2, 0) is 19.0 Å². The molecule has 0 saturated heterocycles. The first kappa shape index (κ1) is 33.4. The van der Waals surface area contributed by atoms with Crippen LogP contribution in [-0.4, -0.2) is 76.2 Å². The van der Waals surface area contributed by atoms with Crippen molar-refractivity contribution < 1.29 is 23.4 Å². The standard InChI is InChI=1S/C28H48FIN4O4Si2/c1-8-38-28(35)26(29)22-11-9-21(10-12-22)24-17-25(34-27(32-24)23(30)18-31-34)33(19-36-13-15-39(2,3)4)20-37-14-16-40(5,6)7/h17-18,21-22,26H,8-16,19-20H2,1-7H3/t21-,22+,26?. The Morgan fingerprint density at radius 1 is 1.07 bits per heavy atom. The van der Waals surface area contributed by atoms with Crippen LogP contribution < -0.4 is 4.90 Å². The van der Waals surface area contributed by atoms with Crippen molar-refractivity contribution in [2.75, 3.05) is 38.2 Å². The first-order chi connectivity index (χ1) is 18.8. The molecular formula is C28H48FIN4O4Si2. The molecule has 1 atom stereocenters. The molecule has 3 rings (SSSR count). The molecule has 0 amide bonds. The first-order valence-electron chi connectivity index (χ1n) is 14.5. The van der Waals surface area contributed by atoms with Gasteiger partial charge in [0.15, 0.2) is 11.8 Å². The summed E-state index contributed by atoms with van der Waals surface area (Å²) in [6.45, 7) is 18.3. The van der Waals surface area contributed by atoms with E-state index in [4.69, 9.17) is 19.2 Å². The average Bonchev–Trinajstić information content (AvgIpc) is 3.26. The molecule has 1 aliphatic rings. The molecule has 0 aromatic carbocycles. The maximum Gasteiger partial charge on any atom is 0.341 e. The minimum Gasteiger partial charge on any atom is -0.464 e. The highest BCUT2D eigenvalue weighted by atomic mass is 127. The van der Waals surface area contributed by atoms with Gasteiger partial charge in [0.25, 0.3) is 0 Å². The fourth-order valence-corrected chi connectivity index (χ4v) is 6.76. The molecule has 0 bridgehead atoms. The molecule has 1 aliphatic carbocycles. The summed E-state index contributed by atoms with van der Waals surface area (Å²) >= 11 is 2.28. The number of hydrogen-bond donors (Lipinski definition) is 0. The van der Waals surface area contributed by atoms with Gasteiger partial charge in [0.2, 0.25) is 0 Å². The predicted molar refractivity (Wildman–Crippen MR) is 172 cm³/mol. The number of aromatic nitrogens is 3. The number of anilines is 1. The van der Waals surface area contributed by atoms with Crippen LogP contribution >= 0.6 is 22.6 Å². The molecule has 1 saturated carbocycles. The summed E-state index contributed by atoms with van der Waals surface area (Å²) in [5.74, 6) is 0.0358. The van der Waals surface area contributed by atoms with Crippen LogP contribution in [0.1, 0.15) is 44.2 Å². The van der Waals surface area contributed by atoms with Crippen LogP contribution in [0.5, 0.6) is 0 Å². The summed E-state index contributed by atoms with van der Waals surface area (Å²) in [4.78, 5) is 19.1. The Morgan fingerprint density at radius 2 is 1.65 bits per heavy atom. The Bertz CT molecular complexity index is 1080. The predicted octanol–water partition coefficient (Wildman–Crippen LogP) is 6.94. The number of ether oxygens (including phenoxy) is 3. The van der Waals surface area contributed by atoms with Gasteiger partial charge in [0.05, 0.1) is 16.4 Å². The summed E-state index contributed by atoms with van der Waals surface area (Å²) < 4.78 is 34.8. The lowest BCUT2D eigenvalue weighted by atomic mass is 9.78. The number of alkyl halides is 1. The maximum absolute atomic E-state index is 14.7. The van der Waals surface area contributed by atoms with E-state index in [9.17, 15) is 9.18 Å². The van der Waals surface area contributed by atoms with Crippen LogP contribution in [0.4, 0.5) is 10.2 Å². The van der Waals surface area contributed by atoms with Gasteiger partial charge in [-0.3, -0.25) is 0 Å². The fraction of sp³-hybridized carbons (Fsp3) is 0.750. The number of esters is 1. The second-order valence-electron chi connectivity index (χ2n) is 13.3. The van der Waals surface area contributed by atoms with Crippen molar-refractivity contribution >= 4 is 56.2 Å². The van der Waals surface area contributed by atoms with Crippen LogP contribution in [0.15, 0.2) is 12.3 Å². The van der Waals surface area contributed by atoms with E-state index in [2.05, 4.69) is 77.9 Å². The molecule has 2 heterocycles. The van der Waals surface area contributed by atoms with E-state index < -0.39 is 28.3 Å². The summed E-state index contributed by atoms with van der Waals surface area (Å²) in [5.41, 5.74) is 1.78. The second kappa shape index (κ2) is 14.9. The third kappa shape index (κ3) is 10.0. The Morgan fingerprint density at radius 3 is 2.17 bits per heavy atom. The quantitative estimate of drug-likeness (QED) is 0.0653. The molecule has 0 N–H and O–H groups in total. The lowest BCUT2D eigenvalue weighted by molar-refractivity contribution is -0.151. The molecule has 0 aliphatic heterocycles. The molecule has 0 spiro atoms. The number of nitrogens with zero attached hydrogens (tertiary/aromatic N) is 4. The molecule has 40 heavy (non-hydrogen) atoms. The Hall–Kier alpha value is -1.10. The van der Waals surface area contributed by atoms with Crippen molar-refractivity contribution in [1.29, 1.82) is 0 Å². The van der Waals surface area contributed by atoms with Gasteiger partial charge >= 0.3 is 5.97 Å². The van der Waals surface area contributed by atoms with E-state index in [0.717, 1.165) is 45.7 Å². The van der Waals surface area contributed by atoms with Crippen molar-refractivity contribution in [2.45, 2.75) is 96.1 Å². The van der Waals surface area contributed by atoms with Crippen LogP contribution in [0.3, 0.4) is 0 Å². The molecule has 2 aromatic heterocycles. The topological polar surface area (TPSA) is 78.2 Å². The average molecular weight is 707 g/mol. The van der Waals surface area contributed by atoms with Crippen LogP contribution in [0.25, 0.3) is 5.65 Å². The SMILES string of the molecule is CCOC(=O)C(F)[C@H]1CC[C@@H](c2cc(N(COCC[Si](C)(C)C)COCC[Si](C)(C)C)n3ncc(I)c3n2)CC1. The molecule has 1 fully saturated rings. The van der Waals surface area contributed by atoms with E-state index in [-0.39, 0.29) is 18.4 Å². The van der Waals surface area contributed by atoms with Gasteiger partial charge in [0, 0.05) is 53.0 Å². The molecule has 1 unspecified atom stereocenters. The maximum atomic E-state index is 14.7. The third-order valence-electron chi connectivity index (χ3n) is 7.36. The molecule has 226 valence electrons. The largest absolute Gasteiger partial charge is 0.464 e. The first-order valence-corrected chi connectivity index (χ1v) is 23.0. The van der Waals surface area contributed by atoms with E-state index >= 15 is 0 Å². The minimum atomic E-state index is -1.56. The number of carbonyl (C=O) groups excluding carboxylic acids is 1. The van der Waals surface area contributed by atoms with Crippen molar-refractivity contribution in [1.82, 2.24) is 14.6 Å². The number of rotatable bonds is 15. The van der Waals surface area contributed by atoms with E-state index in [1.54, 1.807) is 6.92 Å². The Balaban J connectivity index is 1.81. The number of halogens is 2. The lowest BCUT2D eigenvalue weighted by Crippen LogP contribution is -2.33. The van der Waals surface area contributed by atoms with E-state index in [1.165, 1.54) is 0 Å². The summed E-state index contributed by atoms with van der Waals surface area (Å²) in [5, 5.41) is 4.64. The van der Waals surface area contributed by atoms with Crippen molar-refractivity contribution in [3.8, 4) is 0 Å². The highest BCUT2D eigenvalue weighted by Gasteiger charge is 2.34. The van der Waals surface area contributed by atoms with Gasteiger partial charge < -0.3 is 19.1 Å². The van der Waals surface area contributed by atoms with Gasteiger partial charge in [-0.2, -0.15) is 9.61 Å². The lowest BCUT2D eigenvalue weighted by Gasteiger charge is -2.31. The number of hydrogen-bond acceptors (Lipinski definition) is 7. The highest BCUT2D eigenvalue weighted by Crippen LogP contribution is 2.39. The zero-order valence-corrected chi connectivity index (χ0v) is 29.5. The number of carbonyl (C=O) groups is 1. The smallest absolute Gasteiger partial charge is 0.341 e. The molecular weight excluding hydrogens is 658 g/mol. The second-order valence-corrected chi connectivity index (χ2v) is 25.7. The van der Waals surface area contributed by atoms with Crippen molar-refractivity contribution in [2.24, 2.45) is 5.92 Å². The molecule has 12 heteroatoms. The van der Waals surface area contributed by atoms with Gasteiger partial charge in [0.1, 0.15) is 19.3 Å². The van der Waals surface area contributed by atoms with Crippen molar-refractivity contribution in [3.63, 3.8) is 0 Å². The van der Waals surface area contributed by atoms with Crippen molar-refractivity contribution in [3.05, 3.63) is 21.5 Å². The minimum absolute atomic E-state index is 0.183. The zero-order valence-electron chi connectivity index (χ0n) is 25.3. The van der Waals surface area contributed by atoms with Gasteiger partial charge in [-0.25, -0.2) is 14.2 Å². The molecule has 8 nitrogen and oxygen atoms in total. The van der Waals surface area contributed by atoms with Gasteiger partial charge in [-0.1, -0.05) is 39.3 Å². The van der Waals surface area contributed by atoms with Gasteiger partial charge in [-0.15, -0.1) is 0 Å². The van der Waals surface area contributed by atoms with E-state index in [1.807, 2.05) is 10.7 Å². The van der Waals surface area contributed by atoms with Crippen LogP contribution in [0.2, 0.25) is 51.4 Å². The zero-order chi connectivity index (χ0) is 29.5. The highest BCUT2D eigenvalue weighted by molar-refractivity contribution is 14.1. The summed E-state index contributed by atoms with van der Waals surface area (Å²) in [6, 6.07) is 4.29. The fourth-order valence-electron chi connectivity index (χ4n) is 4.77. The monoisotopic (exact) mass is 706 g/mol. The molecule has 0 radical (unpaired) electrons. The normalized spacial score (nSPS) is 19.1. The third-order valence-corrected chi connectivity index (χ3v) is 11.5. The molecule has 2 aromatic rings. The number of fused-ring (bicyclic) bond motifs is 1. The summed E-state index contributed by atoms with van der Waals surface area (Å²) in [6.07, 6.45) is 3.09. The van der Waals surface area contributed by atoms with E-state index in [0.29, 0.717) is 39.5 Å². The Kier molecular flexibility index (Phi) is 12.4. The van der Waals surface area contributed by atoms with Crippen LogP contribution in [0, 0.1) is 9.49 Å². The Labute approximate surface area is 254 Å². The summed E-state index contributed by atoms with van der Waals surface area (Å²) in [7, 11) is -2.43.